The molecule has 13 heavy (non-hydrogen) atoms. The fourth-order valence-electron chi connectivity index (χ4n) is 1.56. The van der Waals surface area contributed by atoms with Crippen LogP contribution in [0.2, 0.25) is 0 Å². The third-order valence-corrected chi connectivity index (χ3v) is 2.29. The summed E-state index contributed by atoms with van der Waals surface area (Å²) in [6.45, 7) is 5.62. The zero-order valence-corrected chi connectivity index (χ0v) is 8.79. The van der Waals surface area contributed by atoms with Gasteiger partial charge >= 0.3 is 0 Å². The van der Waals surface area contributed by atoms with Crippen LogP contribution in [0.5, 0.6) is 0 Å². The largest absolute Gasteiger partial charge is 0.202 e. The van der Waals surface area contributed by atoms with Gasteiger partial charge in [-0.1, -0.05) is 26.3 Å². The zero-order chi connectivity index (χ0) is 9.52. The first-order valence-electron chi connectivity index (χ1n) is 5.35. The van der Waals surface area contributed by atoms with Gasteiger partial charge < -0.3 is 0 Å². The molecule has 0 radical (unpaired) electrons. The Morgan fingerprint density at radius 2 is 2.00 bits per heavy atom. The Balaban J connectivity index is 2.66. The molecule has 0 aliphatic rings. The van der Waals surface area contributed by atoms with Gasteiger partial charge in [-0.3, -0.25) is 0 Å². The van der Waals surface area contributed by atoms with Crippen molar-refractivity contribution in [3.05, 3.63) is 30.1 Å². The third kappa shape index (κ3) is 3.17. The monoisotopic (exact) mass is 178 g/mol. The molecule has 0 unspecified atom stereocenters. The third-order valence-electron chi connectivity index (χ3n) is 2.29. The summed E-state index contributed by atoms with van der Waals surface area (Å²) in [6, 6.07) is 6.49. The van der Waals surface area contributed by atoms with Crippen LogP contribution in [0, 0.1) is 0 Å². The molecule has 1 nitrogen and oxygen atoms in total. The van der Waals surface area contributed by atoms with Gasteiger partial charge in [0.1, 0.15) is 6.54 Å². The van der Waals surface area contributed by atoms with E-state index in [2.05, 4.69) is 42.8 Å². The predicted molar refractivity (Wildman–Crippen MR) is 55.5 cm³/mol. The molecule has 0 amide bonds. The first kappa shape index (κ1) is 10.2. The molecule has 0 aromatic carbocycles. The SMILES string of the molecule is CCCCc1cccc[n+]1CCC. The minimum absolute atomic E-state index is 1.15. The van der Waals surface area contributed by atoms with Crippen molar-refractivity contribution >= 4 is 0 Å². The zero-order valence-electron chi connectivity index (χ0n) is 8.79. The van der Waals surface area contributed by atoms with Crippen LogP contribution in [0.1, 0.15) is 38.8 Å². The van der Waals surface area contributed by atoms with Crippen LogP contribution in [0.3, 0.4) is 0 Å². The fourth-order valence-corrected chi connectivity index (χ4v) is 1.56. The maximum absolute atomic E-state index is 2.37. The van der Waals surface area contributed by atoms with E-state index in [0.717, 1.165) is 6.54 Å². The van der Waals surface area contributed by atoms with Gasteiger partial charge in [-0.2, -0.15) is 0 Å². The van der Waals surface area contributed by atoms with Crippen molar-refractivity contribution in [3.8, 4) is 0 Å². The summed E-state index contributed by atoms with van der Waals surface area (Å²) in [7, 11) is 0. The normalized spacial score (nSPS) is 10.3. The number of rotatable bonds is 5. The average Bonchev–Trinajstić information content (AvgIpc) is 2.17. The molecule has 0 aliphatic carbocycles. The number of hydrogen-bond acceptors (Lipinski definition) is 0. The Morgan fingerprint density at radius 3 is 2.69 bits per heavy atom. The van der Waals surface area contributed by atoms with E-state index in [1.807, 2.05) is 0 Å². The second-order valence-corrected chi connectivity index (χ2v) is 3.49. The first-order chi connectivity index (χ1) is 6.38. The summed E-state index contributed by atoms with van der Waals surface area (Å²) >= 11 is 0. The lowest BCUT2D eigenvalue weighted by Crippen LogP contribution is -2.37. The van der Waals surface area contributed by atoms with E-state index in [1.54, 1.807) is 0 Å². The number of unbranched alkanes of at least 4 members (excludes halogenated alkanes) is 1. The highest BCUT2D eigenvalue weighted by Crippen LogP contribution is 1.99. The molecular formula is C12H20N+. The van der Waals surface area contributed by atoms with Gasteiger partial charge in [-0.05, 0) is 6.42 Å². The summed E-state index contributed by atoms with van der Waals surface area (Å²) in [5, 5.41) is 0. The molecule has 1 aromatic heterocycles. The quantitative estimate of drug-likeness (QED) is 0.610. The van der Waals surface area contributed by atoms with Crippen LogP contribution in [-0.2, 0) is 13.0 Å². The van der Waals surface area contributed by atoms with Crippen molar-refractivity contribution in [1.29, 1.82) is 0 Å². The number of hydrogen-bond donors (Lipinski definition) is 0. The fraction of sp³-hybridized carbons (Fsp3) is 0.583. The van der Waals surface area contributed by atoms with Crippen molar-refractivity contribution in [2.45, 2.75) is 46.1 Å². The molecule has 1 heteroatoms. The maximum Gasteiger partial charge on any atom is 0.181 e. The van der Waals surface area contributed by atoms with Crippen molar-refractivity contribution in [3.63, 3.8) is 0 Å². The van der Waals surface area contributed by atoms with Crippen LogP contribution in [-0.4, -0.2) is 0 Å². The Bertz CT molecular complexity index is 243. The van der Waals surface area contributed by atoms with Gasteiger partial charge in [0, 0.05) is 25.0 Å². The summed E-state index contributed by atoms with van der Waals surface area (Å²) in [5.74, 6) is 0. The van der Waals surface area contributed by atoms with Gasteiger partial charge in [0.05, 0.1) is 0 Å². The lowest BCUT2D eigenvalue weighted by Gasteiger charge is -2.01. The summed E-state index contributed by atoms with van der Waals surface area (Å²) in [5.41, 5.74) is 1.48. The van der Waals surface area contributed by atoms with E-state index >= 15 is 0 Å². The van der Waals surface area contributed by atoms with E-state index in [-0.39, 0.29) is 0 Å². The first-order valence-corrected chi connectivity index (χ1v) is 5.35. The molecule has 0 atom stereocenters. The molecule has 0 saturated heterocycles. The van der Waals surface area contributed by atoms with Crippen molar-refractivity contribution in [2.24, 2.45) is 0 Å². The van der Waals surface area contributed by atoms with E-state index in [9.17, 15) is 0 Å². The molecule has 0 N–H and O–H groups in total. The Kier molecular flexibility index (Phi) is 4.52. The van der Waals surface area contributed by atoms with Gasteiger partial charge in [0.25, 0.3) is 0 Å². The second kappa shape index (κ2) is 5.74. The van der Waals surface area contributed by atoms with Gasteiger partial charge in [-0.15, -0.1) is 0 Å². The Labute approximate surface area is 81.4 Å². The molecule has 0 aliphatic heterocycles. The molecule has 1 heterocycles. The highest BCUT2D eigenvalue weighted by atomic mass is 14.9. The van der Waals surface area contributed by atoms with Crippen LogP contribution in [0.15, 0.2) is 24.4 Å². The summed E-state index contributed by atoms with van der Waals surface area (Å²) < 4.78 is 2.37. The topological polar surface area (TPSA) is 3.88 Å². The summed E-state index contributed by atoms with van der Waals surface area (Å²) in [6.07, 6.45) is 7.20. The van der Waals surface area contributed by atoms with Crippen molar-refractivity contribution in [1.82, 2.24) is 0 Å². The van der Waals surface area contributed by atoms with Crippen LogP contribution < -0.4 is 4.57 Å². The standard InChI is InChI=1S/C12H20N/c1-3-5-8-12-9-6-7-11-13(12)10-4-2/h6-7,9,11H,3-5,8,10H2,1-2H3/q+1. The Morgan fingerprint density at radius 1 is 1.15 bits per heavy atom. The highest BCUT2D eigenvalue weighted by molar-refractivity contribution is 4.97. The maximum atomic E-state index is 2.37. The molecule has 1 aromatic rings. The molecular weight excluding hydrogens is 158 g/mol. The smallest absolute Gasteiger partial charge is 0.181 e. The highest BCUT2D eigenvalue weighted by Gasteiger charge is 2.06. The molecule has 0 spiro atoms. The minimum Gasteiger partial charge on any atom is -0.202 e. The Hall–Kier alpha value is -0.850. The van der Waals surface area contributed by atoms with Crippen LogP contribution >= 0.6 is 0 Å². The van der Waals surface area contributed by atoms with Crippen LogP contribution in [0.4, 0.5) is 0 Å². The average molecular weight is 178 g/mol. The van der Waals surface area contributed by atoms with E-state index < -0.39 is 0 Å². The molecule has 0 bridgehead atoms. The van der Waals surface area contributed by atoms with Crippen molar-refractivity contribution < 1.29 is 4.57 Å². The molecule has 0 fully saturated rings. The summed E-state index contributed by atoms with van der Waals surface area (Å²) in [4.78, 5) is 0. The number of aromatic nitrogens is 1. The lowest BCUT2D eigenvalue weighted by molar-refractivity contribution is -0.704. The number of aryl methyl sites for hydroxylation is 2. The molecule has 1 rings (SSSR count). The predicted octanol–water partition coefficient (Wildman–Crippen LogP) is 2.73. The number of pyridine rings is 1. The van der Waals surface area contributed by atoms with Gasteiger partial charge in [0.15, 0.2) is 11.9 Å². The minimum atomic E-state index is 1.15. The van der Waals surface area contributed by atoms with E-state index in [0.29, 0.717) is 0 Å². The second-order valence-electron chi connectivity index (χ2n) is 3.49. The van der Waals surface area contributed by atoms with E-state index in [1.165, 1.54) is 31.4 Å². The van der Waals surface area contributed by atoms with E-state index in [4.69, 9.17) is 0 Å². The van der Waals surface area contributed by atoms with Gasteiger partial charge in [0.2, 0.25) is 0 Å². The van der Waals surface area contributed by atoms with Crippen molar-refractivity contribution in [2.75, 3.05) is 0 Å². The lowest BCUT2D eigenvalue weighted by atomic mass is 10.2. The van der Waals surface area contributed by atoms with Gasteiger partial charge in [-0.25, -0.2) is 4.57 Å². The van der Waals surface area contributed by atoms with Crippen LogP contribution in [0.25, 0.3) is 0 Å². The number of nitrogens with zero attached hydrogens (tertiary/aromatic N) is 1. The molecule has 72 valence electrons. The molecule has 0 saturated carbocycles.